The first-order chi connectivity index (χ1) is 8.06. The number of halogens is 1. The SMILES string of the molecule is CCOCCN(C)c1ncc([N+](=O)[O-])cc1Br. The maximum atomic E-state index is 10.6. The lowest BCUT2D eigenvalue weighted by molar-refractivity contribution is -0.385. The van der Waals surface area contributed by atoms with Crippen LogP contribution < -0.4 is 4.90 Å². The van der Waals surface area contributed by atoms with Crippen molar-refractivity contribution in [2.45, 2.75) is 6.92 Å². The molecule has 0 atom stereocenters. The van der Waals surface area contributed by atoms with Crippen LogP contribution in [-0.4, -0.2) is 36.7 Å². The average molecular weight is 304 g/mol. The fourth-order valence-corrected chi connectivity index (χ4v) is 1.89. The first-order valence-electron chi connectivity index (χ1n) is 5.15. The zero-order valence-corrected chi connectivity index (χ0v) is 11.3. The van der Waals surface area contributed by atoms with E-state index in [0.29, 0.717) is 30.0 Å². The van der Waals surface area contributed by atoms with Crippen LogP contribution >= 0.6 is 15.9 Å². The maximum Gasteiger partial charge on any atom is 0.288 e. The molecule has 0 aromatic carbocycles. The van der Waals surface area contributed by atoms with Crippen molar-refractivity contribution in [3.63, 3.8) is 0 Å². The van der Waals surface area contributed by atoms with Crippen LogP contribution in [0.5, 0.6) is 0 Å². The molecule has 17 heavy (non-hydrogen) atoms. The van der Waals surface area contributed by atoms with E-state index in [9.17, 15) is 10.1 Å². The van der Waals surface area contributed by atoms with Crippen molar-refractivity contribution >= 4 is 27.4 Å². The Hall–Kier alpha value is -1.21. The van der Waals surface area contributed by atoms with Crippen LogP contribution in [0.3, 0.4) is 0 Å². The Morgan fingerprint density at radius 1 is 1.65 bits per heavy atom. The van der Waals surface area contributed by atoms with Gasteiger partial charge in [-0.05, 0) is 22.9 Å². The lowest BCUT2D eigenvalue weighted by Crippen LogP contribution is -2.23. The quantitative estimate of drug-likeness (QED) is 0.458. The van der Waals surface area contributed by atoms with E-state index in [2.05, 4.69) is 20.9 Å². The number of likely N-dealkylation sites (N-methyl/N-ethyl adjacent to an activating group) is 1. The molecular weight excluding hydrogens is 290 g/mol. The van der Waals surface area contributed by atoms with Crippen LogP contribution in [0, 0.1) is 10.1 Å². The van der Waals surface area contributed by atoms with Crippen molar-refractivity contribution in [2.75, 3.05) is 31.7 Å². The van der Waals surface area contributed by atoms with Crippen LogP contribution in [0.2, 0.25) is 0 Å². The number of nitro groups is 1. The maximum absolute atomic E-state index is 10.6. The van der Waals surface area contributed by atoms with Crippen molar-refractivity contribution in [3.8, 4) is 0 Å². The number of ether oxygens (including phenoxy) is 1. The van der Waals surface area contributed by atoms with Gasteiger partial charge in [-0.3, -0.25) is 10.1 Å². The van der Waals surface area contributed by atoms with Gasteiger partial charge in [-0.25, -0.2) is 4.98 Å². The summed E-state index contributed by atoms with van der Waals surface area (Å²) in [6, 6.07) is 1.44. The second kappa shape index (κ2) is 6.51. The van der Waals surface area contributed by atoms with Gasteiger partial charge in [-0.15, -0.1) is 0 Å². The van der Waals surface area contributed by atoms with Crippen LogP contribution in [0.1, 0.15) is 6.92 Å². The third-order valence-electron chi connectivity index (χ3n) is 2.15. The van der Waals surface area contributed by atoms with Crippen molar-refractivity contribution in [3.05, 3.63) is 26.9 Å². The Balaban J connectivity index is 2.74. The lowest BCUT2D eigenvalue weighted by atomic mass is 10.4. The normalized spacial score (nSPS) is 10.3. The minimum atomic E-state index is -0.471. The highest BCUT2D eigenvalue weighted by Crippen LogP contribution is 2.26. The third-order valence-corrected chi connectivity index (χ3v) is 2.74. The predicted molar refractivity (Wildman–Crippen MR) is 68.4 cm³/mol. The molecular formula is C10H14BrN3O3. The molecule has 6 nitrogen and oxygen atoms in total. The van der Waals surface area contributed by atoms with Gasteiger partial charge < -0.3 is 9.64 Å². The highest BCUT2D eigenvalue weighted by Gasteiger charge is 2.13. The molecule has 0 radical (unpaired) electrons. The summed E-state index contributed by atoms with van der Waals surface area (Å²) in [4.78, 5) is 16.0. The molecule has 0 fully saturated rings. The first-order valence-corrected chi connectivity index (χ1v) is 5.94. The summed E-state index contributed by atoms with van der Waals surface area (Å²) in [5, 5.41) is 10.6. The summed E-state index contributed by atoms with van der Waals surface area (Å²) in [6.07, 6.45) is 1.25. The van der Waals surface area contributed by atoms with Gasteiger partial charge in [-0.1, -0.05) is 0 Å². The molecule has 94 valence electrons. The van der Waals surface area contributed by atoms with Gasteiger partial charge in [0.1, 0.15) is 12.0 Å². The lowest BCUT2D eigenvalue weighted by Gasteiger charge is -2.18. The van der Waals surface area contributed by atoms with Crippen LogP contribution in [0.25, 0.3) is 0 Å². The van der Waals surface area contributed by atoms with E-state index < -0.39 is 4.92 Å². The Morgan fingerprint density at radius 3 is 2.88 bits per heavy atom. The Kier molecular flexibility index (Phi) is 5.30. The third kappa shape index (κ3) is 3.94. The van der Waals surface area contributed by atoms with Crippen LogP contribution in [0.15, 0.2) is 16.7 Å². The van der Waals surface area contributed by atoms with Crippen molar-refractivity contribution in [1.82, 2.24) is 4.98 Å². The topological polar surface area (TPSA) is 68.5 Å². The van der Waals surface area contributed by atoms with E-state index in [1.807, 2.05) is 18.9 Å². The molecule has 1 aromatic heterocycles. The van der Waals surface area contributed by atoms with Crippen molar-refractivity contribution < 1.29 is 9.66 Å². The Morgan fingerprint density at radius 2 is 2.35 bits per heavy atom. The first kappa shape index (κ1) is 13.9. The highest BCUT2D eigenvalue weighted by atomic mass is 79.9. The molecule has 0 aliphatic carbocycles. The van der Waals surface area contributed by atoms with E-state index in [-0.39, 0.29) is 5.69 Å². The summed E-state index contributed by atoms with van der Waals surface area (Å²) in [5.41, 5.74) is -0.0289. The van der Waals surface area contributed by atoms with Gasteiger partial charge in [0.2, 0.25) is 0 Å². The number of nitrogens with zero attached hydrogens (tertiary/aromatic N) is 3. The van der Waals surface area contributed by atoms with Gasteiger partial charge in [0, 0.05) is 26.3 Å². The van der Waals surface area contributed by atoms with Crippen LogP contribution in [0.4, 0.5) is 11.5 Å². The average Bonchev–Trinajstić information content (AvgIpc) is 2.28. The minimum absolute atomic E-state index is 0.0289. The minimum Gasteiger partial charge on any atom is -0.380 e. The van der Waals surface area contributed by atoms with E-state index in [1.54, 1.807) is 0 Å². The summed E-state index contributed by atoms with van der Waals surface area (Å²) in [6.45, 7) is 3.87. The molecule has 0 bridgehead atoms. The number of aromatic nitrogens is 1. The Labute approximate surface area is 108 Å². The van der Waals surface area contributed by atoms with Gasteiger partial charge in [0.15, 0.2) is 0 Å². The van der Waals surface area contributed by atoms with Gasteiger partial charge in [0.05, 0.1) is 16.0 Å². The molecule has 0 amide bonds. The number of pyridine rings is 1. The van der Waals surface area contributed by atoms with Crippen molar-refractivity contribution in [1.29, 1.82) is 0 Å². The van der Waals surface area contributed by atoms with E-state index in [4.69, 9.17) is 4.74 Å². The van der Waals surface area contributed by atoms with Crippen molar-refractivity contribution in [2.24, 2.45) is 0 Å². The highest BCUT2D eigenvalue weighted by molar-refractivity contribution is 9.10. The Bertz CT molecular complexity index is 400. The molecule has 1 heterocycles. The smallest absolute Gasteiger partial charge is 0.288 e. The fourth-order valence-electron chi connectivity index (χ4n) is 1.25. The van der Waals surface area contributed by atoms with Gasteiger partial charge in [-0.2, -0.15) is 0 Å². The number of hydrogen-bond acceptors (Lipinski definition) is 5. The second-order valence-electron chi connectivity index (χ2n) is 3.37. The van der Waals surface area contributed by atoms with E-state index >= 15 is 0 Å². The summed E-state index contributed by atoms with van der Waals surface area (Å²) in [7, 11) is 1.86. The number of anilines is 1. The molecule has 0 aliphatic rings. The molecule has 0 saturated heterocycles. The molecule has 0 N–H and O–H groups in total. The predicted octanol–water partition coefficient (Wildman–Crippen LogP) is 2.22. The molecule has 0 unspecified atom stereocenters. The summed E-state index contributed by atoms with van der Waals surface area (Å²) >= 11 is 3.28. The van der Waals surface area contributed by atoms with Crippen LogP contribution in [-0.2, 0) is 4.74 Å². The van der Waals surface area contributed by atoms with Gasteiger partial charge >= 0.3 is 0 Å². The standard InChI is InChI=1S/C10H14BrN3O3/c1-3-17-5-4-13(2)10-9(11)6-8(7-12-10)14(15)16/h6-7H,3-5H2,1-2H3. The number of rotatable bonds is 6. The second-order valence-corrected chi connectivity index (χ2v) is 4.23. The molecule has 0 saturated carbocycles. The molecule has 1 rings (SSSR count). The zero-order valence-electron chi connectivity index (χ0n) is 9.72. The summed E-state index contributed by atoms with van der Waals surface area (Å²) < 4.78 is 5.84. The van der Waals surface area contributed by atoms with E-state index in [1.165, 1.54) is 12.3 Å². The monoisotopic (exact) mass is 303 g/mol. The number of hydrogen-bond donors (Lipinski definition) is 0. The molecule has 0 spiro atoms. The fraction of sp³-hybridized carbons (Fsp3) is 0.500. The summed E-state index contributed by atoms with van der Waals surface area (Å²) in [5.74, 6) is 0.662. The zero-order chi connectivity index (χ0) is 12.8. The van der Waals surface area contributed by atoms with E-state index in [0.717, 1.165) is 0 Å². The van der Waals surface area contributed by atoms with Gasteiger partial charge in [0.25, 0.3) is 5.69 Å². The molecule has 7 heteroatoms. The molecule has 1 aromatic rings. The largest absolute Gasteiger partial charge is 0.380 e. The molecule has 0 aliphatic heterocycles.